The summed E-state index contributed by atoms with van der Waals surface area (Å²) >= 11 is 0. The first kappa shape index (κ1) is 17.0. The number of hydrogen-bond donors (Lipinski definition) is 2. The molecule has 0 aliphatic carbocycles. The summed E-state index contributed by atoms with van der Waals surface area (Å²) in [4.78, 5) is 11.1. The molecule has 1 amide bonds. The minimum absolute atomic E-state index is 0.0238. The highest BCUT2D eigenvalue weighted by Crippen LogP contribution is 2.39. The Morgan fingerprint density at radius 3 is 1.78 bits per heavy atom. The summed E-state index contributed by atoms with van der Waals surface area (Å²) in [5.41, 5.74) is 3.91. The van der Waals surface area contributed by atoms with Gasteiger partial charge in [0.2, 0.25) is 11.8 Å². The third-order valence-electron chi connectivity index (χ3n) is 2.15. The SMILES string of the molecule is CC(C)(CCN)NC(=O)C(C(F)(F)F)C(F)(F)F. The van der Waals surface area contributed by atoms with E-state index >= 15 is 0 Å². The van der Waals surface area contributed by atoms with Gasteiger partial charge in [-0.1, -0.05) is 0 Å². The van der Waals surface area contributed by atoms with E-state index in [-0.39, 0.29) is 13.0 Å². The molecule has 0 rings (SSSR count). The molecular formula is C9H14F6N2O. The van der Waals surface area contributed by atoms with Gasteiger partial charge in [0, 0.05) is 5.54 Å². The largest absolute Gasteiger partial charge is 0.409 e. The zero-order valence-corrected chi connectivity index (χ0v) is 9.74. The Bertz CT molecular complexity index is 282. The fourth-order valence-corrected chi connectivity index (χ4v) is 1.31. The highest BCUT2D eigenvalue weighted by atomic mass is 19.4. The van der Waals surface area contributed by atoms with Crippen molar-refractivity contribution in [2.24, 2.45) is 11.7 Å². The Kier molecular flexibility index (Phi) is 5.04. The van der Waals surface area contributed by atoms with Crippen molar-refractivity contribution in [1.82, 2.24) is 5.32 Å². The van der Waals surface area contributed by atoms with Gasteiger partial charge in [0.1, 0.15) is 0 Å². The molecule has 0 unspecified atom stereocenters. The summed E-state index contributed by atoms with van der Waals surface area (Å²) in [6, 6.07) is 0. The molecule has 3 nitrogen and oxygen atoms in total. The molecule has 0 bridgehead atoms. The van der Waals surface area contributed by atoms with Crippen molar-refractivity contribution in [3.05, 3.63) is 0 Å². The highest BCUT2D eigenvalue weighted by Gasteiger charge is 2.61. The average Bonchev–Trinajstić information content (AvgIpc) is 1.94. The molecule has 0 radical (unpaired) electrons. The lowest BCUT2D eigenvalue weighted by atomic mass is 9.98. The van der Waals surface area contributed by atoms with Crippen LogP contribution in [-0.4, -0.2) is 30.3 Å². The molecule has 0 aromatic carbocycles. The molecule has 0 aromatic rings. The van der Waals surface area contributed by atoms with Crippen LogP contribution in [0.4, 0.5) is 26.3 Å². The number of rotatable bonds is 4. The van der Waals surface area contributed by atoms with Gasteiger partial charge in [0.15, 0.2) is 0 Å². The Labute approximate surface area is 99.7 Å². The molecule has 3 N–H and O–H groups in total. The van der Waals surface area contributed by atoms with Crippen molar-refractivity contribution < 1.29 is 31.1 Å². The minimum atomic E-state index is -5.68. The van der Waals surface area contributed by atoms with E-state index in [2.05, 4.69) is 0 Å². The van der Waals surface area contributed by atoms with Crippen LogP contribution in [0.3, 0.4) is 0 Å². The van der Waals surface area contributed by atoms with Gasteiger partial charge in [0.05, 0.1) is 0 Å². The maximum Gasteiger partial charge on any atom is 0.409 e. The predicted molar refractivity (Wildman–Crippen MR) is 51.5 cm³/mol. The number of nitrogens with two attached hydrogens (primary N) is 1. The Balaban J connectivity index is 5.02. The number of halogens is 6. The van der Waals surface area contributed by atoms with E-state index in [1.807, 2.05) is 0 Å². The van der Waals surface area contributed by atoms with Crippen LogP contribution in [0.15, 0.2) is 0 Å². The molecular weight excluding hydrogens is 266 g/mol. The van der Waals surface area contributed by atoms with Crippen molar-refractivity contribution in [3.8, 4) is 0 Å². The van der Waals surface area contributed by atoms with Gasteiger partial charge in [0.25, 0.3) is 0 Å². The van der Waals surface area contributed by atoms with E-state index in [0.717, 1.165) is 0 Å². The minimum Gasteiger partial charge on any atom is -0.350 e. The molecule has 0 aliphatic heterocycles. The molecule has 18 heavy (non-hydrogen) atoms. The first-order chi connectivity index (χ1) is 7.81. The van der Waals surface area contributed by atoms with E-state index in [1.165, 1.54) is 13.8 Å². The van der Waals surface area contributed by atoms with E-state index < -0.39 is 29.7 Å². The maximum atomic E-state index is 12.2. The molecule has 0 aromatic heterocycles. The van der Waals surface area contributed by atoms with Crippen LogP contribution in [0, 0.1) is 5.92 Å². The molecule has 0 saturated carbocycles. The van der Waals surface area contributed by atoms with Crippen molar-refractivity contribution in [1.29, 1.82) is 0 Å². The molecule has 108 valence electrons. The quantitative estimate of drug-likeness (QED) is 0.774. The van der Waals surface area contributed by atoms with Crippen molar-refractivity contribution in [2.45, 2.75) is 38.2 Å². The highest BCUT2D eigenvalue weighted by molar-refractivity contribution is 5.81. The summed E-state index contributed by atoms with van der Waals surface area (Å²) in [5, 5.41) is 1.71. The number of amides is 1. The standard InChI is InChI=1S/C9H14F6N2O/c1-7(2,3-4-16)17-6(18)5(8(10,11)12)9(13,14)15/h5H,3-4,16H2,1-2H3,(H,17,18). The summed E-state index contributed by atoms with van der Waals surface area (Å²) in [7, 11) is 0. The van der Waals surface area contributed by atoms with Crippen LogP contribution in [0.2, 0.25) is 0 Å². The van der Waals surface area contributed by atoms with Gasteiger partial charge in [-0.2, -0.15) is 26.3 Å². The molecule has 9 heteroatoms. The average molecular weight is 280 g/mol. The fraction of sp³-hybridized carbons (Fsp3) is 0.889. The Hall–Kier alpha value is -0.990. The third kappa shape index (κ3) is 5.11. The molecule has 0 fully saturated rings. The molecule has 0 saturated heterocycles. The zero-order chi connectivity index (χ0) is 14.8. The first-order valence-corrected chi connectivity index (χ1v) is 4.97. The monoisotopic (exact) mass is 280 g/mol. The Morgan fingerprint density at radius 2 is 1.50 bits per heavy atom. The second-order valence-electron chi connectivity index (χ2n) is 4.43. The lowest BCUT2D eigenvalue weighted by Gasteiger charge is -2.29. The predicted octanol–water partition coefficient (Wildman–Crippen LogP) is 1.97. The van der Waals surface area contributed by atoms with Crippen molar-refractivity contribution >= 4 is 5.91 Å². The lowest BCUT2D eigenvalue weighted by Crippen LogP contribution is -2.54. The van der Waals surface area contributed by atoms with Crippen LogP contribution in [-0.2, 0) is 4.79 Å². The van der Waals surface area contributed by atoms with E-state index in [1.54, 1.807) is 5.32 Å². The van der Waals surface area contributed by atoms with Crippen molar-refractivity contribution in [3.63, 3.8) is 0 Å². The number of alkyl halides is 6. The van der Waals surface area contributed by atoms with E-state index in [4.69, 9.17) is 5.73 Å². The van der Waals surface area contributed by atoms with Crippen LogP contribution < -0.4 is 11.1 Å². The lowest BCUT2D eigenvalue weighted by molar-refractivity contribution is -0.274. The van der Waals surface area contributed by atoms with Gasteiger partial charge in [-0.05, 0) is 26.8 Å². The summed E-state index contributed by atoms with van der Waals surface area (Å²) in [5.74, 6) is -6.14. The number of carbonyl (C=O) groups excluding carboxylic acids is 1. The summed E-state index contributed by atoms with van der Waals surface area (Å²) in [6.45, 7) is 2.61. The molecule has 0 atom stereocenters. The number of carbonyl (C=O) groups is 1. The Morgan fingerprint density at radius 1 is 1.11 bits per heavy atom. The molecule has 0 aliphatic rings. The van der Waals surface area contributed by atoms with Gasteiger partial charge in [-0.25, -0.2) is 0 Å². The van der Waals surface area contributed by atoms with Crippen molar-refractivity contribution in [2.75, 3.05) is 6.54 Å². The molecule has 0 heterocycles. The topological polar surface area (TPSA) is 55.1 Å². The van der Waals surface area contributed by atoms with Gasteiger partial charge in [-0.15, -0.1) is 0 Å². The second kappa shape index (κ2) is 5.33. The van der Waals surface area contributed by atoms with E-state index in [9.17, 15) is 31.1 Å². The summed E-state index contributed by atoms with van der Waals surface area (Å²) in [6.07, 6.45) is -11.3. The van der Waals surface area contributed by atoms with Crippen LogP contribution in [0.5, 0.6) is 0 Å². The van der Waals surface area contributed by atoms with Gasteiger partial charge < -0.3 is 11.1 Å². The van der Waals surface area contributed by atoms with E-state index in [0.29, 0.717) is 0 Å². The van der Waals surface area contributed by atoms with Gasteiger partial charge in [-0.3, -0.25) is 4.79 Å². The third-order valence-corrected chi connectivity index (χ3v) is 2.15. The molecule has 0 spiro atoms. The second-order valence-corrected chi connectivity index (χ2v) is 4.43. The first-order valence-electron chi connectivity index (χ1n) is 4.97. The van der Waals surface area contributed by atoms with Crippen LogP contribution >= 0.6 is 0 Å². The van der Waals surface area contributed by atoms with Crippen LogP contribution in [0.1, 0.15) is 20.3 Å². The summed E-state index contributed by atoms with van der Waals surface area (Å²) < 4.78 is 73.3. The normalized spacial score (nSPS) is 13.9. The number of nitrogens with one attached hydrogen (secondary N) is 1. The fourth-order valence-electron chi connectivity index (χ4n) is 1.31. The maximum absolute atomic E-state index is 12.2. The zero-order valence-electron chi connectivity index (χ0n) is 9.74. The van der Waals surface area contributed by atoms with Gasteiger partial charge >= 0.3 is 12.4 Å². The van der Waals surface area contributed by atoms with Crippen LogP contribution in [0.25, 0.3) is 0 Å². The number of hydrogen-bond acceptors (Lipinski definition) is 2. The smallest absolute Gasteiger partial charge is 0.350 e.